The summed E-state index contributed by atoms with van der Waals surface area (Å²) in [6.07, 6.45) is 1.37. The summed E-state index contributed by atoms with van der Waals surface area (Å²) in [6.45, 7) is 9.00. The molecule has 2 aromatic rings. The van der Waals surface area contributed by atoms with E-state index in [9.17, 15) is 43.1 Å². The summed E-state index contributed by atoms with van der Waals surface area (Å²) in [6, 6.07) is 5.58. The van der Waals surface area contributed by atoms with Gasteiger partial charge in [0.2, 0.25) is 29.5 Å². The first-order valence-corrected chi connectivity index (χ1v) is 20.1. The monoisotopic (exact) mass is 805 g/mol. The molecule has 15 nitrogen and oxygen atoms in total. The van der Waals surface area contributed by atoms with Crippen LogP contribution in [-0.2, 0) is 35.2 Å². The number of Topliss-reactive ketones (excluding diaryl/α,β-unsaturated/α-hetero) is 1. The maximum Gasteiger partial charge on any atom is 0.319 e. The predicted molar refractivity (Wildman–Crippen MR) is 212 cm³/mol. The van der Waals surface area contributed by atoms with Gasteiger partial charge in [-0.2, -0.15) is 0 Å². The summed E-state index contributed by atoms with van der Waals surface area (Å²) in [5.74, 6) is -3.39. The van der Waals surface area contributed by atoms with Gasteiger partial charge in [-0.15, -0.1) is 0 Å². The Bertz CT molecular complexity index is 1860. The summed E-state index contributed by atoms with van der Waals surface area (Å²) >= 11 is 0. The number of benzene rings is 2. The number of aliphatic hydroxyl groups is 1. The summed E-state index contributed by atoms with van der Waals surface area (Å²) in [5.41, 5.74) is 1.83. The smallest absolute Gasteiger partial charge is 0.319 e. The molecule has 5 rings (SSSR count). The predicted octanol–water partition coefficient (Wildman–Crippen LogP) is 2.44. The van der Waals surface area contributed by atoms with Crippen molar-refractivity contribution < 1.29 is 43.1 Å². The van der Waals surface area contributed by atoms with Crippen LogP contribution in [0.5, 0.6) is 0 Å². The highest BCUT2D eigenvalue weighted by molar-refractivity contribution is 5.98. The molecule has 8 atom stereocenters. The van der Waals surface area contributed by atoms with Crippen LogP contribution in [0.15, 0.2) is 48.5 Å². The maximum atomic E-state index is 14.3. The molecule has 2 aromatic carbocycles. The highest BCUT2D eigenvalue weighted by Crippen LogP contribution is 2.27. The average Bonchev–Trinajstić information content (AvgIpc) is 3.84. The number of nitrogens with zero attached hydrogens (tertiary/aromatic N) is 3. The van der Waals surface area contributed by atoms with Crippen molar-refractivity contribution in [3.63, 3.8) is 0 Å². The third-order valence-corrected chi connectivity index (χ3v) is 11.2. The fourth-order valence-electron chi connectivity index (χ4n) is 8.13. The SMILES string of the molecule is CC(=O)[C@@H]1C[C@@H](C)CN1C(=O)[C@H](C)NC(=O)[C@@H]1CCCCN1C(=O)[C@@H]1CCCN1C(=O)[C@@H](NC(=O)[C@H](Cc1cccc(F)c1)NC(=O)Nc1ccc(C)cc1)[C@H](C)O. The number of amides is 7. The number of carbonyl (C=O) groups excluding carboxylic acids is 7. The van der Waals surface area contributed by atoms with Crippen LogP contribution >= 0.6 is 0 Å². The van der Waals surface area contributed by atoms with Crippen molar-refractivity contribution in [2.45, 2.75) is 122 Å². The lowest BCUT2D eigenvalue weighted by Gasteiger charge is -2.39. The van der Waals surface area contributed by atoms with Crippen LogP contribution in [0.3, 0.4) is 0 Å². The highest BCUT2D eigenvalue weighted by atomic mass is 19.1. The Balaban J connectivity index is 1.28. The molecule has 3 saturated heterocycles. The van der Waals surface area contributed by atoms with Gasteiger partial charge in [-0.1, -0.05) is 36.8 Å². The number of halogens is 1. The second-order valence-electron chi connectivity index (χ2n) is 16.0. The van der Waals surface area contributed by atoms with Crippen LogP contribution in [0.1, 0.15) is 77.3 Å². The number of likely N-dealkylation sites (tertiary alicyclic amines) is 3. The minimum absolute atomic E-state index is 0.116. The fraction of sp³-hybridized carbons (Fsp3) is 0.548. The van der Waals surface area contributed by atoms with Crippen molar-refractivity contribution in [1.29, 1.82) is 0 Å². The van der Waals surface area contributed by atoms with E-state index >= 15 is 0 Å². The van der Waals surface area contributed by atoms with Crippen molar-refractivity contribution in [2.24, 2.45) is 5.92 Å². The van der Waals surface area contributed by atoms with Crippen molar-refractivity contribution in [3.05, 3.63) is 65.5 Å². The van der Waals surface area contributed by atoms with Gasteiger partial charge in [0.1, 0.15) is 36.0 Å². The first kappa shape index (κ1) is 43.7. The zero-order valence-electron chi connectivity index (χ0n) is 33.8. The first-order valence-electron chi connectivity index (χ1n) is 20.1. The molecule has 0 unspecified atom stereocenters. The van der Waals surface area contributed by atoms with Gasteiger partial charge in [0, 0.05) is 31.7 Å². The van der Waals surface area contributed by atoms with Crippen LogP contribution in [0.4, 0.5) is 14.9 Å². The van der Waals surface area contributed by atoms with Crippen LogP contribution in [0.2, 0.25) is 0 Å². The van der Waals surface area contributed by atoms with E-state index in [0.717, 1.165) is 5.56 Å². The summed E-state index contributed by atoms with van der Waals surface area (Å²) in [5, 5.41) is 21.5. The molecule has 3 fully saturated rings. The Kier molecular flexibility index (Phi) is 14.6. The van der Waals surface area contributed by atoms with Crippen molar-refractivity contribution in [1.82, 2.24) is 30.7 Å². The number of urea groups is 1. The minimum atomic E-state index is -1.52. The summed E-state index contributed by atoms with van der Waals surface area (Å²) in [7, 11) is 0. The Morgan fingerprint density at radius 1 is 0.828 bits per heavy atom. The van der Waals surface area contributed by atoms with Gasteiger partial charge in [0.25, 0.3) is 0 Å². The van der Waals surface area contributed by atoms with E-state index in [0.29, 0.717) is 49.9 Å². The van der Waals surface area contributed by atoms with E-state index in [1.807, 2.05) is 13.8 Å². The number of rotatable bonds is 13. The third kappa shape index (κ3) is 10.8. The molecule has 3 heterocycles. The number of hydrogen-bond acceptors (Lipinski definition) is 8. The molecule has 3 aliphatic heterocycles. The van der Waals surface area contributed by atoms with Crippen LogP contribution in [0.25, 0.3) is 0 Å². The minimum Gasteiger partial charge on any atom is -0.391 e. The molecule has 3 aliphatic rings. The molecule has 0 spiro atoms. The van der Waals surface area contributed by atoms with E-state index in [-0.39, 0.29) is 43.5 Å². The number of aliphatic hydroxyl groups excluding tert-OH is 1. The third-order valence-electron chi connectivity index (χ3n) is 11.2. The zero-order valence-corrected chi connectivity index (χ0v) is 33.8. The Hall–Kier alpha value is -5.38. The van der Waals surface area contributed by atoms with Gasteiger partial charge < -0.3 is 41.1 Å². The standard InChI is InChI=1S/C42H56FN7O8/c1-24-14-16-31(17-15-24)45-42(58)46-32(22-29-10-8-11-30(43)21-29)37(53)47-36(28(5)52)41(57)49-19-9-13-34(49)40(56)48-18-7-6-12-33(48)38(54)44-26(3)39(55)50-23-25(2)20-35(50)27(4)51/h8,10-11,14-17,21,25-26,28,32-36,52H,6-7,9,12-13,18-20,22-23H2,1-5H3,(H,44,54)(H,47,53)(H2,45,46,58)/t25-,26+,28+,32+,33+,34+,35+,36+/m1/s1. The topological polar surface area (TPSA) is 198 Å². The lowest BCUT2D eigenvalue weighted by molar-refractivity contribution is -0.152. The van der Waals surface area contributed by atoms with Crippen LogP contribution < -0.4 is 21.3 Å². The number of nitrogens with one attached hydrogen (secondary N) is 4. The molecule has 0 aliphatic carbocycles. The van der Waals surface area contributed by atoms with E-state index < -0.39 is 77.8 Å². The Morgan fingerprint density at radius 2 is 1.52 bits per heavy atom. The van der Waals surface area contributed by atoms with Gasteiger partial charge in [-0.3, -0.25) is 28.8 Å². The van der Waals surface area contributed by atoms with E-state index in [1.165, 1.54) is 46.7 Å². The number of aryl methyl sites for hydroxylation is 1. The van der Waals surface area contributed by atoms with Crippen molar-refractivity contribution >= 4 is 47.0 Å². The summed E-state index contributed by atoms with van der Waals surface area (Å²) in [4.78, 5) is 99.0. The first-order chi connectivity index (χ1) is 27.5. The van der Waals surface area contributed by atoms with Crippen LogP contribution in [0, 0.1) is 18.7 Å². The highest BCUT2D eigenvalue weighted by Gasteiger charge is 2.45. The van der Waals surface area contributed by atoms with E-state index in [2.05, 4.69) is 21.3 Å². The number of carbonyl (C=O) groups is 7. The normalized spacial score (nSPS) is 22.6. The van der Waals surface area contributed by atoms with E-state index in [4.69, 9.17) is 0 Å². The maximum absolute atomic E-state index is 14.3. The van der Waals surface area contributed by atoms with Crippen molar-refractivity contribution in [3.8, 4) is 0 Å². The van der Waals surface area contributed by atoms with Crippen molar-refractivity contribution in [2.75, 3.05) is 25.0 Å². The molecule has 0 aromatic heterocycles. The quantitative estimate of drug-likeness (QED) is 0.204. The Morgan fingerprint density at radius 3 is 2.19 bits per heavy atom. The summed E-state index contributed by atoms with van der Waals surface area (Å²) < 4.78 is 14.1. The molecule has 16 heteroatoms. The molecule has 0 radical (unpaired) electrons. The largest absolute Gasteiger partial charge is 0.391 e. The molecule has 7 amide bonds. The zero-order chi connectivity index (χ0) is 42.3. The van der Waals surface area contributed by atoms with Gasteiger partial charge in [0.05, 0.1) is 12.1 Å². The second kappa shape index (κ2) is 19.4. The fourth-order valence-corrected chi connectivity index (χ4v) is 8.13. The van der Waals surface area contributed by atoms with Crippen LogP contribution in [-0.4, -0.2) is 123 Å². The number of hydrogen-bond donors (Lipinski definition) is 5. The van der Waals surface area contributed by atoms with E-state index in [1.54, 1.807) is 37.3 Å². The molecule has 0 bridgehead atoms. The molecule has 58 heavy (non-hydrogen) atoms. The molecular weight excluding hydrogens is 750 g/mol. The van der Waals surface area contributed by atoms with Gasteiger partial charge in [-0.25, -0.2) is 9.18 Å². The molecule has 0 saturated carbocycles. The molecular formula is C42H56FN7O8. The second-order valence-corrected chi connectivity index (χ2v) is 16.0. The Labute approximate surface area is 338 Å². The average molecular weight is 806 g/mol. The lowest BCUT2D eigenvalue weighted by atomic mass is 9.99. The molecule has 5 N–H and O–H groups in total. The number of ketones is 1. The van der Waals surface area contributed by atoms with Gasteiger partial charge in [-0.05, 0) is 102 Å². The van der Waals surface area contributed by atoms with Gasteiger partial charge in [0.15, 0.2) is 5.78 Å². The number of anilines is 1. The lowest BCUT2D eigenvalue weighted by Crippen LogP contribution is -2.62. The molecule has 314 valence electrons. The number of piperidine rings is 1. The van der Waals surface area contributed by atoms with Gasteiger partial charge >= 0.3 is 6.03 Å².